The quantitative estimate of drug-likeness (QED) is 0.736. The summed E-state index contributed by atoms with van der Waals surface area (Å²) in [6.07, 6.45) is 0. The van der Waals surface area contributed by atoms with Crippen LogP contribution in [-0.2, 0) is 0 Å². The fourth-order valence-electron chi connectivity index (χ4n) is 2.49. The molecular weight excluding hydrogens is 324 g/mol. The Balaban J connectivity index is 2.02. The molecule has 1 unspecified atom stereocenters. The zero-order valence-electron chi connectivity index (χ0n) is 12.1. The van der Waals surface area contributed by atoms with Crippen molar-refractivity contribution in [2.24, 2.45) is 5.73 Å². The molecule has 0 aliphatic heterocycles. The normalized spacial score (nSPS) is 12.6. The molecule has 2 nitrogen and oxygen atoms in total. The zero-order chi connectivity index (χ0) is 15.0. The maximum atomic E-state index is 6.42. The molecule has 0 saturated carbocycles. The molecule has 1 heterocycles. The fraction of sp³-hybridized carbons (Fsp3) is 0.167. The molecule has 0 aliphatic rings. The lowest BCUT2D eigenvalue weighted by Crippen LogP contribution is -2.12. The van der Waals surface area contributed by atoms with Gasteiger partial charge in [-0.2, -0.15) is 0 Å². The standard InChI is InChI=1S/C18H17BrN2/c1-11-9-14(5-7-16(11)19)18(20)15-6-8-17-13(10-15)4-3-12(2)21-17/h3-10,18H,20H2,1-2H3. The van der Waals surface area contributed by atoms with Gasteiger partial charge in [0.05, 0.1) is 11.6 Å². The Morgan fingerprint density at radius 1 is 0.952 bits per heavy atom. The number of hydrogen-bond acceptors (Lipinski definition) is 2. The van der Waals surface area contributed by atoms with Crippen molar-refractivity contribution in [2.45, 2.75) is 19.9 Å². The van der Waals surface area contributed by atoms with Crippen molar-refractivity contribution in [3.8, 4) is 0 Å². The molecule has 1 aromatic heterocycles. The van der Waals surface area contributed by atoms with Crippen molar-refractivity contribution < 1.29 is 0 Å². The van der Waals surface area contributed by atoms with Crippen LogP contribution in [0.5, 0.6) is 0 Å². The number of benzene rings is 2. The summed E-state index contributed by atoms with van der Waals surface area (Å²) in [6.45, 7) is 4.08. The SMILES string of the molecule is Cc1ccc2cc(C(N)c3ccc(Br)c(C)c3)ccc2n1. The van der Waals surface area contributed by atoms with E-state index in [9.17, 15) is 0 Å². The van der Waals surface area contributed by atoms with Crippen LogP contribution in [0.1, 0.15) is 28.4 Å². The topological polar surface area (TPSA) is 38.9 Å². The average Bonchev–Trinajstić information content (AvgIpc) is 2.49. The second-order valence-electron chi connectivity index (χ2n) is 5.39. The minimum Gasteiger partial charge on any atom is -0.320 e. The summed E-state index contributed by atoms with van der Waals surface area (Å²) in [5.41, 5.74) is 11.9. The Morgan fingerprint density at radius 3 is 2.43 bits per heavy atom. The first kappa shape index (κ1) is 14.2. The maximum absolute atomic E-state index is 6.42. The lowest BCUT2D eigenvalue weighted by molar-refractivity contribution is 0.871. The van der Waals surface area contributed by atoms with Gasteiger partial charge in [0.2, 0.25) is 0 Å². The smallest absolute Gasteiger partial charge is 0.0705 e. The molecule has 3 heteroatoms. The number of aromatic nitrogens is 1. The largest absolute Gasteiger partial charge is 0.320 e. The lowest BCUT2D eigenvalue weighted by atomic mass is 9.97. The first-order valence-electron chi connectivity index (χ1n) is 6.93. The molecule has 21 heavy (non-hydrogen) atoms. The number of pyridine rings is 1. The van der Waals surface area contributed by atoms with Gasteiger partial charge in [0, 0.05) is 15.6 Å². The van der Waals surface area contributed by atoms with Crippen LogP contribution in [0.25, 0.3) is 10.9 Å². The van der Waals surface area contributed by atoms with E-state index in [4.69, 9.17) is 5.73 Å². The van der Waals surface area contributed by atoms with E-state index in [-0.39, 0.29) is 6.04 Å². The van der Waals surface area contributed by atoms with E-state index >= 15 is 0 Å². The highest BCUT2D eigenvalue weighted by Crippen LogP contribution is 2.26. The molecule has 0 bridgehead atoms. The molecule has 106 valence electrons. The van der Waals surface area contributed by atoms with Crippen LogP contribution < -0.4 is 5.73 Å². The molecule has 2 N–H and O–H groups in total. The summed E-state index contributed by atoms with van der Waals surface area (Å²) >= 11 is 3.52. The molecule has 0 spiro atoms. The Hall–Kier alpha value is -1.71. The average molecular weight is 341 g/mol. The molecule has 0 saturated heterocycles. The van der Waals surface area contributed by atoms with Gasteiger partial charge in [0.15, 0.2) is 0 Å². The zero-order valence-corrected chi connectivity index (χ0v) is 13.7. The first-order chi connectivity index (χ1) is 10.0. The Labute approximate surface area is 133 Å². The Kier molecular flexibility index (Phi) is 3.79. The van der Waals surface area contributed by atoms with Crippen LogP contribution in [0.2, 0.25) is 0 Å². The molecular formula is C18H17BrN2. The van der Waals surface area contributed by atoms with E-state index in [0.29, 0.717) is 0 Å². The maximum Gasteiger partial charge on any atom is 0.0705 e. The third-order valence-corrected chi connectivity index (χ3v) is 4.64. The van der Waals surface area contributed by atoms with Gasteiger partial charge in [-0.1, -0.05) is 40.2 Å². The number of fused-ring (bicyclic) bond motifs is 1. The minimum absolute atomic E-state index is 0.123. The highest BCUT2D eigenvalue weighted by molar-refractivity contribution is 9.10. The first-order valence-corrected chi connectivity index (χ1v) is 7.73. The molecule has 0 aliphatic carbocycles. The van der Waals surface area contributed by atoms with E-state index in [1.165, 1.54) is 5.56 Å². The van der Waals surface area contributed by atoms with Crippen molar-refractivity contribution in [1.29, 1.82) is 0 Å². The molecule has 2 aromatic carbocycles. The highest BCUT2D eigenvalue weighted by atomic mass is 79.9. The second kappa shape index (κ2) is 5.58. The van der Waals surface area contributed by atoms with Crippen LogP contribution >= 0.6 is 15.9 Å². The Morgan fingerprint density at radius 2 is 1.67 bits per heavy atom. The predicted molar refractivity (Wildman–Crippen MR) is 91.4 cm³/mol. The molecule has 0 amide bonds. The van der Waals surface area contributed by atoms with E-state index in [1.807, 2.05) is 19.1 Å². The molecule has 3 aromatic rings. The minimum atomic E-state index is -0.123. The summed E-state index contributed by atoms with van der Waals surface area (Å²) in [5, 5.41) is 1.13. The summed E-state index contributed by atoms with van der Waals surface area (Å²) < 4.78 is 1.11. The summed E-state index contributed by atoms with van der Waals surface area (Å²) in [4.78, 5) is 4.53. The Bertz CT molecular complexity index is 811. The molecule has 0 radical (unpaired) electrons. The van der Waals surface area contributed by atoms with Gasteiger partial charge < -0.3 is 5.73 Å². The van der Waals surface area contributed by atoms with Gasteiger partial charge in [0.25, 0.3) is 0 Å². The second-order valence-corrected chi connectivity index (χ2v) is 6.25. The van der Waals surface area contributed by atoms with E-state index in [2.05, 4.69) is 64.2 Å². The van der Waals surface area contributed by atoms with E-state index in [0.717, 1.165) is 32.2 Å². The van der Waals surface area contributed by atoms with Gasteiger partial charge in [-0.05, 0) is 54.8 Å². The van der Waals surface area contributed by atoms with Gasteiger partial charge in [-0.3, -0.25) is 4.98 Å². The predicted octanol–water partition coefficient (Wildman–Crippen LogP) is 4.66. The summed E-state index contributed by atoms with van der Waals surface area (Å²) in [5.74, 6) is 0. The summed E-state index contributed by atoms with van der Waals surface area (Å²) in [6, 6.07) is 16.5. The van der Waals surface area contributed by atoms with Crippen molar-refractivity contribution in [1.82, 2.24) is 4.98 Å². The van der Waals surface area contributed by atoms with Crippen molar-refractivity contribution >= 4 is 26.8 Å². The lowest BCUT2D eigenvalue weighted by Gasteiger charge is -2.14. The van der Waals surface area contributed by atoms with Crippen molar-refractivity contribution in [3.05, 3.63) is 75.4 Å². The fourth-order valence-corrected chi connectivity index (χ4v) is 2.74. The summed E-state index contributed by atoms with van der Waals surface area (Å²) in [7, 11) is 0. The third kappa shape index (κ3) is 2.85. The number of halogens is 1. The number of nitrogens with two attached hydrogens (primary N) is 1. The number of hydrogen-bond donors (Lipinski definition) is 1. The highest BCUT2D eigenvalue weighted by Gasteiger charge is 2.11. The van der Waals surface area contributed by atoms with Gasteiger partial charge in [0.1, 0.15) is 0 Å². The van der Waals surface area contributed by atoms with Crippen molar-refractivity contribution in [3.63, 3.8) is 0 Å². The van der Waals surface area contributed by atoms with Gasteiger partial charge >= 0.3 is 0 Å². The molecule has 3 rings (SSSR count). The monoisotopic (exact) mass is 340 g/mol. The molecule has 1 atom stereocenters. The van der Waals surface area contributed by atoms with E-state index < -0.39 is 0 Å². The van der Waals surface area contributed by atoms with Crippen LogP contribution in [0.15, 0.2) is 53.0 Å². The van der Waals surface area contributed by atoms with Crippen LogP contribution in [0, 0.1) is 13.8 Å². The third-order valence-electron chi connectivity index (χ3n) is 3.75. The number of nitrogens with zero attached hydrogens (tertiary/aromatic N) is 1. The number of aryl methyl sites for hydroxylation is 2. The number of rotatable bonds is 2. The van der Waals surface area contributed by atoms with Gasteiger partial charge in [-0.25, -0.2) is 0 Å². The van der Waals surface area contributed by atoms with Crippen LogP contribution in [-0.4, -0.2) is 4.98 Å². The molecule has 0 fully saturated rings. The van der Waals surface area contributed by atoms with Crippen LogP contribution in [0.4, 0.5) is 0 Å². The van der Waals surface area contributed by atoms with Crippen LogP contribution in [0.3, 0.4) is 0 Å². The van der Waals surface area contributed by atoms with E-state index in [1.54, 1.807) is 0 Å². The van der Waals surface area contributed by atoms with Crippen molar-refractivity contribution in [2.75, 3.05) is 0 Å². The van der Waals surface area contributed by atoms with Gasteiger partial charge in [-0.15, -0.1) is 0 Å².